The van der Waals surface area contributed by atoms with Crippen molar-refractivity contribution in [2.24, 2.45) is 0 Å². The third kappa shape index (κ3) is 4.73. The zero-order valence-corrected chi connectivity index (χ0v) is 13.1. The molecule has 2 aromatic rings. The van der Waals surface area contributed by atoms with Crippen LogP contribution in [0.3, 0.4) is 0 Å². The second-order valence-corrected chi connectivity index (χ2v) is 6.55. The quantitative estimate of drug-likeness (QED) is 0.899. The Morgan fingerprint density at radius 2 is 1.78 bits per heavy atom. The van der Waals surface area contributed by atoms with E-state index in [0.717, 1.165) is 24.3 Å². The second-order valence-electron chi connectivity index (χ2n) is 4.78. The number of rotatable bonds is 5. The molecule has 23 heavy (non-hydrogen) atoms. The Hall–Kier alpha value is -2.00. The van der Waals surface area contributed by atoms with Crippen LogP contribution in [0.15, 0.2) is 39.6 Å². The molecule has 0 bridgehead atoms. The molecule has 0 atom stereocenters. The molecule has 9 heteroatoms. The Labute approximate surface area is 131 Å². The van der Waals surface area contributed by atoms with Crippen molar-refractivity contribution in [3.63, 3.8) is 0 Å². The molecule has 0 saturated carbocycles. The van der Waals surface area contributed by atoms with Crippen LogP contribution in [0.1, 0.15) is 17.1 Å². The van der Waals surface area contributed by atoms with E-state index in [1.807, 2.05) is 0 Å². The maximum absolute atomic E-state index is 12.1. The van der Waals surface area contributed by atoms with Gasteiger partial charge in [0, 0.05) is 12.1 Å². The lowest BCUT2D eigenvalue weighted by atomic mass is 10.2. The zero-order chi connectivity index (χ0) is 17.3. The van der Waals surface area contributed by atoms with Crippen molar-refractivity contribution in [3.8, 4) is 5.75 Å². The first-order chi connectivity index (χ1) is 10.6. The minimum absolute atomic E-state index is 0.0201. The molecule has 2 rings (SSSR count). The molecule has 0 spiro atoms. The van der Waals surface area contributed by atoms with Crippen molar-refractivity contribution in [1.29, 1.82) is 0 Å². The van der Waals surface area contributed by atoms with E-state index in [0.29, 0.717) is 17.1 Å². The van der Waals surface area contributed by atoms with Crippen LogP contribution >= 0.6 is 0 Å². The van der Waals surface area contributed by atoms with Gasteiger partial charge in [0.2, 0.25) is 10.0 Å². The number of alkyl halides is 3. The summed E-state index contributed by atoms with van der Waals surface area (Å²) in [5, 5.41) is 0. The predicted molar refractivity (Wildman–Crippen MR) is 75.3 cm³/mol. The normalized spacial score (nSPS) is 12.4. The van der Waals surface area contributed by atoms with Crippen molar-refractivity contribution < 1.29 is 30.7 Å². The van der Waals surface area contributed by atoms with Crippen LogP contribution in [0, 0.1) is 13.8 Å². The molecule has 1 aromatic carbocycles. The topological polar surface area (TPSA) is 68.5 Å². The van der Waals surface area contributed by atoms with Crippen molar-refractivity contribution >= 4 is 10.0 Å². The SMILES string of the molecule is Cc1cc(CNS(=O)(=O)c2ccc(OC(F)(F)F)cc2)c(C)o1. The summed E-state index contributed by atoms with van der Waals surface area (Å²) in [6.45, 7) is 3.47. The number of furan rings is 1. The van der Waals surface area contributed by atoms with Crippen molar-refractivity contribution in [3.05, 3.63) is 47.4 Å². The molecule has 1 aromatic heterocycles. The summed E-state index contributed by atoms with van der Waals surface area (Å²) in [6.07, 6.45) is -4.82. The molecule has 0 fully saturated rings. The standard InChI is InChI=1S/C14H14F3NO4S/c1-9-7-11(10(2)21-9)8-18-23(19,20)13-5-3-12(4-6-13)22-14(15,16)17/h3-7,18H,8H2,1-2H3. The van der Waals surface area contributed by atoms with Gasteiger partial charge in [-0.2, -0.15) is 0 Å². The smallest absolute Gasteiger partial charge is 0.466 e. The van der Waals surface area contributed by atoms with Crippen LogP contribution in [0.4, 0.5) is 13.2 Å². The second kappa shape index (κ2) is 6.25. The average molecular weight is 349 g/mol. The third-order valence-corrected chi connectivity index (χ3v) is 4.38. The highest BCUT2D eigenvalue weighted by Gasteiger charge is 2.31. The van der Waals surface area contributed by atoms with Crippen LogP contribution in [-0.4, -0.2) is 14.8 Å². The van der Waals surface area contributed by atoms with E-state index in [1.165, 1.54) is 0 Å². The first-order valence-corrected chi connectivity index (χ1v) is 7.96. The van der Waals surface area contributed by atoms with E-state index in [1.54, 1.807) is 19.9 Å². The number of ether oxygens (including phenoxy) is 1. The van der Waals surface area contributed by atoms with E-state index in [2.05, 4.69) is 9.46 Å². The maximum Gasteiger partial charge on any atom is 0.573 e. The van der Waals surface area contributed by atoms with Gasteiger partial charge in [0.15, 0.2) is 0 Å². The van der Waals surface area contributed by atoms with Gasteiger partial charge >= 0.3 is 6.36 Å². The molecule has 0 saturated heterocycles. The summed E-state index contributed by atoms with van der Waals surface area (Å²) in [5.74, 6) is 0.766. The molecule has 1 heterocycles. The van der Waals surface area contributed by atoms with Crippen LogP contribution < -0.4 is 9.46 Å². The largest absolute Gasteiger partial charge is 0.573 e. The Kier molecular flexibility index (Phi) is 4.71. The Balaban J connectivity index is 2.09. The number of nitrogens with one attached hydrogen (secondary N) is 1. The van der Waals surface area contributed by atoms with Crippen LogP contribution in [0.25, 0.3) is 0 Å². The van der Waals surface area contributed by atoms with E-state index in [4.69, 9.17) is 4.42 Å². The number of hydrogen-bond acceptors (Lipinski definition) is 4. The molecule has 0 unspecified atom stereocenters. The van der Waals surface area contributed by atoms with E-state index < -0.39 is 22.1 Å². The minimum atomic E-state index is -4.82. The lowest BCUT2D eigenvalue weighted by Gasteiger charge is -2.10. The molecular formula is C14H14F3NO4S. The molecule has 0 aliphatic rings. The monoisotopic (exact) mass is 349 g/mol. The van der Waals surface area contributed by atoms with Gasteiger partial charge in [-0.05, 0) is 44.2 Å². The fourth-order valence-electron chi connectivity index (χ4n) is 1.94. The highest BCUT2D eigenvalue weighted by molar-refractivity contribution is 7.89. The first kappa shape index (κ1) is 17.4. The number of hydrogen-bond donors (Lipinski definition) is 1. The molecule has 126 valence electrons. The molecular weight excluding hydrogens is 335 g/mol. The number of benzene rings is 1. The highest BCUT2D eigenvalue weighted by Crippen LogP contribution is 2.24. The third-order valence-electron chi connectivity index (χ3n) is 2.96. The number of sulfonamides is 1. The maximum atomic E-state index is 12.1. The van der Waals surface area contributed by atoms with Crippen molar-refractivity contribution in [2.75, 3.05) is 0 Å². The average Bonchev–Trinajstić information content (AvgIpc) is 2.74. The molecule has 1 N–H and O–H groups in total. The Morgan fingerprint density at radius 3 is 2.26 bits per heavy atom. The lowest BCUT2D eigenvalue weighted by Crippen LogP contribution is -2.23. The van der Waals surface area contributed by atoms with Gasteiger partial charge in [0.1, 0.15) is 17.3 Å². The van der Waals surface area contributed by atoms with E-state index in [-0.39, 0.29) is 11.4 Å². The van der Waals surface area contributed by atoms with Gasteiger partial charge < -0.3 is 9.15 Å². The molecule has 0 aliphatic carbocycles. The molecule has 5 nitrogen and oxygen atoms in total. The fourth-order valence-corrected chi connectivity index (χ4v) is 2.94. The van der Waals surface area contributed by atoms with Crippen molar-refractivity contribution in [1.82, 2.24) is 4.72 Å². The first-order valence-electron chi connectivity index (χ1n) is 6.48. The zero-order valence-electron chi connectivity index (χ0n) is 12.3. The summed E-state index contributed by atoms with van der Waals surface area (Å²) in [7, 11) is -3.85. The van der Waals surface area contributed by atoms with Gasteiger partial charge in [-0.15, -0.1) is 13.2 Å². The molecule has 0 amide bonds. The summed E-state index contributed by atoms with van der Waals surface area (Å²) in [4.78, 5) is -0.162. The van der Waals surface area contributed by atoms with Crippen LogP contribution in [-0.2, 0) is 16.6 Å². The lowest BCUT2D eigenvalue weighted by molar-refractivity contribution is -0.274. The van der Waals surface area contributed by atoms with Gasteiger partial charge in [0.25, 0.3) is 0 Å². The van der Waals surface area contributed by atoms with Crippen molar-refractivity contribution in [2.45, 2.75) is 31.7 Å². The predicted octanol–water partition coefficient (Wildman–Crippen LogP) is 3.27. The number of halogens is 3. The Morgan fingerprint density at radius 1 is 1.17 bits per heavy atom. The molecule has 0 aliphatic heterocycles. The molecule has 0 radical (unpaired) electrons. The van der Waals surface area contributed by atoms with E-state index >= 15 is 0 Å². The summed E-state index contributed by atoms with van der Waals surface area (Å²) in [5.41, 5.74) is 0.683. The Bertz CT molecular complexity index is 779. The summed E-state index contributed by atoms with van der Waals surface area (Å²) in [6, 6.07) is 5.66. The fraction of sp³-hybridized carbons (Fsp3) is 0.286. The van der Waals surface area contributed by atoms with Gasteiger partial charge in [-0.3, -0.25) is 0 Å². The number of aryl methyl sites for hydroxylation is 2. The van der Waals surface area contributed by atoms with Gasteiger partial charge in [-0.1, -0.05) is 0 Å². The summed E-state index contributed by atoms with van der Waals surface area (Å²) < 4.78 is 71.8. The summed E-state index contributed by atoms with van der Waals surface area (Å²) >= 11 is 0. The van der Waals surface area contributed by atoms with Gasteiger partial charge in [0.05, 0.1) is 4.90 Å². The van der Waals surface area contributed by atoms with Crippen LogP contribution in [0.5, 0.6) is 5.75 Å². The van der Waals surface area contributed by atoms with Crippen LogP contribution in [0.2, 0.25) is 0 Å². The van der Waals surface area contributed by atoms with E-state index in [9.17, 15) is 21.6 Å². The highest BCUT2D eigenvalue weighted by atomic mass is 32.2. The van der Waals surface area contributed by atoms with Gasteiger partial charge in [-0.25, -0.2) is 13.1 Å². The minimum Gasteiger partial charge on any atom is -0.466 e.